The molecule has 0 unspecified atom stereocenters. The van der Waals surface area contributed by atoms with Crippen LogP contribution in [-0.4, -0.2) is 20.4 Å². The van der Waals surface area contributed by atoms with E-state index >= 15 is 0 Å². The van der Waals surface area contributed by atoms with E-state index in [0.717, 1.165) is 0 Å². The van der Waals surface area contributed by atoms with Crippen molar-refractivity contribution in [2.24, 2.45) is 7.05 Å². The first-order valence-corrected chi connectivity index (χ1v) is 5.83. The number of benzene rings is 1. The molecule has 1 amide bonds. The minimum absolute atomic E-state index is 0.215. The van der Waals surface area contributed by atoms with Crippen LogP contribution in [0.3, 0.4) is 0 Å². The Balaban J connectivity index is 1.94. The number of amides is 1. The monoisotopic (exact) mass is 270 g/mol. The zero-order chi connectivity index (χ0) is 14.1. The van der Waals surface area contributed by atoms with Gasteiger partial charge in [-0.05, 0) is 24.3 Å². The topological polar surface area (TPSA) is 90.0 Å². The van der Waals surface area contributed by atoms with Gasteiger partial charge in [0, 0.05) is 25.0 Å². The van der Waals surface area contributed by atoms with Crippen molar-refractivity contribution >= 4 is 23.0 Å². The lowest BCUT2D eigenvalue weighted by Crippen LogP contribution is -2.13. The summed E-state index contributed by atoms with van der Waals surface area (Å²) in [7, 11) is 1.60. The number of fused-ring (bicyclic) bond motifs is 1. The molecule has 7 heteroatoms. The molecule has 2 heterocycles. The van der Waals surface area contributed by atoms with E-state index in [4.69, 9.17) is 4.42 Å². The van der Waals surface area contributed by atoms with E-state index in [1.807, 2.05) is 0 Å². The van der Waals surface area contributed by atoms with Gasteiger partial charge in [-0.3, -0.25) is 14.7 Å². The molecule has 0 aliphatic carbocycles. The van der Waals surface area contributed by atoms with Crippen LogP contribution in [0.1, 0.15) is 10.4 Å². The molecule has 7 nitrogen and oxygen atoms in total. The number of carbonyl (C=O) groups excluding carboxylic acids is 1. The Morgan fingerprint density at radius 2 is 2.05 bits per heavy atom. The Hall–Kier alpha value is -2.96. The number of rotatable bonds is 2. The predicted octanol–water partition coefficient (Wildman–Crippen LogP) is 1.17. The zero-order valence-corrected chi connectivity index (χ0v) is 10.5. The van der Waals surface area contributed by atoms with Crippen molar-refractivity contribution in [1.82, 2.24) is 14.5 Å². The number of carbonyl (C=O) groups is 1. The highest BCUT2D eigenvalue weighted by atomic mass is 16.4. The van der Waals surface area contributed by atoms with Crippen LogP contribution in [0.4, 0.5) is 5.95 Å². The molecule has 100 valence electrons. The van der Waals surface area contributed by atoms with Gasteiger partial charge >= 0.3 is 5.76 Å². The summed E-state index contributed by atoms with van der Waals surface area (Å²) in [6.07, 6.45) is 3.06. The summed E-state index contributed by atoms with van der Waals surface area (Å²) >= 11 is 0. The van der Waals surface area contributed by atoms with Crippen LogP contribution < -0.4 is 11.1 Å². The lowest BCUT2D eigenvalue weighted by molar-refractivity contribution is 0.102. The average molecular weight is 270 g/mol. The highest BCUT2D eigenvalue weighted by Gasteiger charge is 2.11. The minimum Gasteiger partial charge on any atom is -0.408 e. The van der Waals surface area contributed by atoms with E-state index in [1.165, 1.54) is 23.0 Å². The first-order valence-electron chi connectivity index (χ1n) is 5.83. The molecule has 0 aliphatic rings. The van der Waals surface area contributed by atoms with E-state index in [9.17, 15) is 9.59 Å². The van der Waals surface area contributed by atoms with Crippen molar-refractivity contribution in [3.05, 3.63) is 52.8 Å². The number of hydrogen-bond donors (Lipinski definition) is 1. The van der Waals surface area contributed by atoms with Crippen LogP contribution in [0.5, 0.6) is 0 Å². The maximum absolute atomic E-state index is 12.0. The molecule has 0 bridgehead atoms. The van der Waals surface area contributed by atoms with Gasteiger partial charge in [0.1, 0.15) is 0 Å². The van der Waals surface area contributed by atoms with Gasteiger partial charge in [-0.25, -0.2) is 14.8 Å². The molecule has 3 rings (SSSR count). The third-order valence-corrected chi connectivity index (χ3v) is 2.85. The smallest absolute Gasteiger partial charge is 0.408 e. The van der Waals surface area contributed by atoms with E-state index in [2.05, 4.69) is 15.3 Å². The van der Waals surface area contributed by atoms with Gasteiger partial charge in [0.2, 0.25) is 5.95 Å². The summed E-state index contributed by atoms with van der Waals surface area (Å²) in [5.41, 5.74) is 1.35. The fourth-order valence-corrected chi connectivity index (χ4v) is 1.81. The van der Waals surface area contributed by atoms with E-state index in [0.29, 0.717) is 16.7 Å². The summed E-state index contributed by atoms with van der Waals surface area (Å²) in [6, 6.07) is 6.42. The molecule has 0 atom stereocenters. The Bertz CT molecular complexity index is 836. The highest BCUT2D eigenvalue weighted by Crippen LogP contribution is 2.15. The molecule has 1 aromatic carbocycles. The molecule has 0 saturated carbocycles. The van der Waals surface area contributed by atoms with Crippen molar-refractivity contribution in [2.75, 3.05) is 5.32 Å². The number of nitrogens with zero attached hydrogens (tertiary/aromatic N) is 3. The maximum Gasteiger partial charge on any atom is 0.419 e. The van der Waals surface area contributed by atoms with Crippen LogP contribution in [0.25, 0.3) is 11.1 Å². The molecular formula is C13H10N4O3. The lowest BCUT2D eigenvalue weighted by Gasteiger charge is -2.02. The van der Waals surface area contributed by atoms with Gasteiger partial charge in [0.15, 0.2) is 5.58 Å². The van der Waals surface area contributed by atoms with Gasteiger partial charge in [-0.2, -0.15) is 0 Å². The summed E-state index contributed by atoms with van der Waals surface area (Å²) in [6.45, 7) is 0. The second kappa shape index (κ2) is 4.61. The number of aromatic nitrogens is 3. The van der Waals surface area contributed by atoms with Crippen molar-refractivity contribution in [2.45, 2.75) is 0 Å². The van der Waals surface area contributed by atoms with E-state index in [-0.39, 0.29) is 11.9 Å². The maximum atomic E-state index is 12.0. The van der Waals surface area contributed by atoms with Gasteiger partial charge in [0.05, 0.1) is 5.52 Å². The number of aryl methyl sites for hydroxylation is 1. The van der Waals surface area contributed by atoms with Gasteiger partial charge in [0.25, 0.3) is 5.91 Å². The summed E-state index contributed by atoms with van der Waals surface area (Å²) in [5, 5.41) is 2.56. The Labute approximate surface area is 112 Å². The number of anilines is 1. The van der Waals surface area contributed by atoms with Crippen LogP contribution >= 0.6 is 0 Å². The van der Waals surface area contributed by atoms with Crippen molar-refractivity contribution in [3.63, 3.8) is 0 Å². The molecule has 2 aromatic heterocycles. The molecule has 0 aliphatic heterocycles. The normalized spacial score (nSPS) is 10.7. The van der Waals surface area contributed by atoms with Crippen molar-refractivity contribution in [3.8, 4) is 0 Å². The molecule has 0 radical (unpaired) electrons. The molecule has 0 saturated heterocycles. The average Bonchev–Trinajstić information content (AvgIpc) is 2.74. The van der Waals surface area contributed by atoms with Crippen LogP contribution in [-0.2, 0) is 7.05 Å². The summed E-state index contributed by atoms with van der Waals surface area (Å²) in [5.74, 6) is -0.624. The molecule has 1 N–H and O–H groups in total. The summed E-state index contributed by atoms with van der Waals surface area (Å²) in [4.78, 5) is 31.2. The Morgan fingerprint density at radius 3 is 2.80 bits per heavy atom. The Kier molecular flexibility index (Phi) is 2.79. The van der Waals surface area contributed by atoms with Gasteiger partial charge in [-0.1, -0.05) is 0 Å². The van der Waals surface area contributed by atoms with Gasteiger partial charge < -0.3 is 4.42 Å². The van der Waals surface area contributed by atoms with Crippen LogP contribution in [0, 0.1) is 0 Å². The van der Waals surface area contributed by atoms with Crippen molar-refractivity contribution in [1.29, 1.82) is 0 Å². The zero-order valence-electron chi connectivity index (χ0n) is 10.5. The minimum atomic E-state index is -0.469. The molecule has 3 aromatic rings. The molecule has 20 heavy (non-hydrogen) atoms. The molecule has 0 fully saturated rings. The number of nitrogens with one attached hydrogen (secondary N) is 1. The third kappa shape index (κ3) is 2.05. The third-order valence-electron chi connectivity index (χ3n) is 2.85. The number of oxazole rings is 1. The van der Waals surface area contributed by atoms with Crippen LogP contribution in [0.2, 0.25) is 0 Å². The van der Waals surface area contributed by atoms with E-state index < -0.39 is 5.76 Å². The number of hydrogen-bond acceptors (Lipinski definition) is 5. The SMILES string of the molecule is Cn1c(=O)oc2cc(C(=O)Nc3ncccn3)ccc21. The highest BCUT2D eigenvalue weighted by molar-refractivity contribution is 6.04. The molecular weight excluding hydrogens is 260 g/mol. The first kappa shape index (κ1) is 12.1. The second-order valence-corrected chi connectivity index (χ2v) is 4.14. The standard InChI is InChI=1S/C13H10N4O3/c1-17-9-4-3-8(7-10(9)20-13(17)19)11(18)16-12-14-5-2-6-15-12/h2-7H,1H3,(H,14,15,16,18). The van der Waals surface area contributed by atoms with E-state index in [1.54, 1.807) is 25.2 Å². The lowest BCUT2D eigenvalue weighted by atomic mass is 10.2. The summed E-state index contributed by atoms with van der Waals surface area (Å²) < 4.78 is 6.41. The predicted molar refractivity (Wildman–Crippen MR) is 71.4 cm³/mol. The first-order chi connectivity index (χ1) is 9.65. The largest absolute Gasteiger partial charge is 0.419 e. The fourth-order valence-electron chi connectivity index (χ4n) is 1.81. The van der Waals surface area contributed by atoms with Crippen LogP contribution in [0.15, 0.2) is 45.9 Å². The van der Waals surface area contributed by atoms with Crippen molar-refractivity contribution < 1.29 is 9.21 Å². The quantitative estimate of drug-likeness (QED) is 0.755. The molecule has 0 spiro atoms. The fraction of sp³-hybridized carbons (Fsp3) is 0.0769. The Morgan fingerprint density at radius 1 is 1.30 bits per heavy atom. The second-order valence-electron chi connectivity index (χ2n) is 4.14. The van der Waals surface area contributed by atoms with Gasteiger partial charge in [-0.15, -0.1) is 0 Å².